The van der Waals surface area contributed by atoms with Gasteiger partial charge in [0.25, 0.3) is 11.8 Å². The van der Waals surface area contributed by atoms with Gasteiger partial charge in [0.05, 0.1) is 28.0 Å². The average Bonchev–Trinajstić information content (AvgIpc) is 3.34. The molecule has 4 rings (SSSR count). The number of amides is 2. The van der Waals surface area contributed by atoms with Crippen molar-refractivity contribution in [2.75, 3.05) is 28.6 Å². The van der Waals surface area contributed by atoms with Crippen molar-refractivity contribution in [3.63, 3.8) is 0 Å². The highest BCUT2D eigenvalue weighted by atomic mass is 35.5. The predicted molar refractivity (Wildman–Crippen MR) is 122 cm³/mol. The number of benzene rings is 2. The lowest BCUT2D eigenvalue weighted by atomic mass is 10.1. The molecule has 0 bridgehead atoms. The van der Waals surface area contributed by atoms with Gasteiger partial charge in [0.15, 0.2) is 5.69 Å². The average molecular weight is 490 g/mol. The first kappa shape index (κ1) is 23.5. The zero-order chi connectivity index (χ0) is 24.3. The third-order valence-electron chi connectivity index (χ3n) is 5.20. The minimum Gasteiger partial charge on any atom is -0.341 e. The fourth-order valence-electron chi connectivity index (χ4n) is 3.53. The number of alkyl halides is 3. The molecule has 1 aliphatic heterocycles. The van der Waals surface area contributed by atoms with Gasteiger partial charge in [-0.2, -0.15) is 13.2 Å². The van der Waals surface area contributed by atoms with Crippen molar-refractivity contribution >= 4 is 40.7 Å². The van der Waals surface area contributed by atoms with Crippen LogP contribution >= 0.6 is 11.6 Å². The summed E-state index contributed by atoms with van der Waals surface area (Å²) in [6, 6.07) is 10.4. The maximum Gasteiger partial charge on any atom is 0.416 e. The van der Waals surface area contributed by atoms with Gasteiger partial charge in [0.2, 0.25) is 5.95 Å². The Balaban J connectivity index is 1.54. The molecule has 34 heavy (non-hydrogen) atoms. The number of halogens is 4. The van der Waals surface area contributed by atoms with Crippen LogP contribution in [0.3, 0.4) is 0 Å². The van der Waals surface area contributed by atoms with Crippen LogP contribution < -0.4 is 15.5 Å². The molecule has 1 aromatic heterocycles. The zero-order valence-corrected chi connectivity index (χ0v) is 18.5. The third-order valence-corrected chi connectivity index (χ3v) is 5.48. The van der Waals surface area contributed by atoms with Gasteiger partial charge in [-0.3, -0.25) is 9.59 Å². The zero-order valence-electron chi connectivity index (χ0n) is 17.7. The minimum atomic E-state index is -4.54. The number of nitrogens with one attached hydrogen (secondary N) is 2. The fraction of sp³-hybridized carbons (Fsp3) is 0.217. The summed E-state index contributed by atoms with van der Waals surface area (Å²) in [6.45, 7) is 1.56. The van der Waals surface area contributed by atoms with Crippen molar-refractivity contribution in [2.24, 2.45) is 0 Å². The molecule has 2 N–H and O–H groups in total. The van der Waals surface area contributed by atoms with Gasteiger partial charge in [0.1, 0.15) is 0 Å². The van der Waals surface area contributed by atoms with Crippen LogP contribution in [-0.4, -0.2) is 34.9 Å². The fourth-order valence-corrected chi connectivity index (χ4v) is 3.71. The smallest absolute Gasteiger partial charge is 0.341 e. The largest absolute Gasteiger partial charge is 0.416 e. The molecule has 1 saturated heterocycles. The summed E-state index contributed by atoms with van der Waals surface area (Å²) >= 11 is 6.15. The van der Waals surface area contributed by atoms with Crippen LogP contribution in [0.2, 0.25) is 5.02 Å². The lowest BCUT2D eigenvalue weighted by Crippen LogP contribution is -2.23. The number of carbonyl (C=O) groups is 2. The Kier molecular flexibility index (Phi) is 6.69. The minimum absolute atomic E-state index is 0.0324. The predicted octanol–water partition coefficient (Wildman–Crippen LogP) is 5.25. The van der Waals surface area contributed by atoms with Gasteiger partial charge in [-0.1, -0.05) is 29.8 Å². The Hall–Kier alpha value is -3.66. The summed E-state index contributed by atoms with van der Waals surface area (Å²) in [7, 11) is 0. The molecule has 7 nitrogen and oxygen atoms in total. The van der Waals surface area contributed by atoms with E-state index in [9.17, 15) is 22.8 Å². The molecule has 0 saturated carbocycles. The standard InChI is InChI=1S/C23H19ClF3N5O2/c24-17-13-28-22(32-10-3-4-11-32)31-19(17)21(34)30-18-9-2-1-8-16(18)20(33)29-15-7-5-6-14(12-15)23(25,26)27/h1-2,5-9,12-13H,3-4,10-11H2,(H,29,33)(H,30,34). The Bertz CT molecular complexity index is 1230. The number of para-hydroxylation sites is 1. The van der Waals surface area contributed by atoms with E-state index in [1.807, 2.05) is 4.90 Å². The van der Waals surface area contributed by atoms with Gasteiger partial charge < -0.3 is 15.5 Å². The molecule has 3 aromatic rings. The summed E-state index contributed by atoms with van der Waals surface area (Å²) in [5, 5.41) is 5.10. The van der Waals surface area contributed by atoms with E-state index in [0.717, 1.165) is 38.1 Å². The van der Waals surface area contributed by atoms with E-state index in [-0.39, 0.29) is 27.7 Å². The topological polar surface area (TPSA) is 87.2 Å². The number of hydrogen-bond acceptors (Lipinski definition) is 5. The van der Waals surface area contributed by atoms with Crippen molar-refractivity contribution in [3.05, 3.63) is 76.6 Å². The van der Waals surface area contributed by atoms with E-state index in [0.29, 0.717) is 5.95 Å². The molecule has 2 heterocycles. The number of anilines is 3. The summed E-state index contributed by atoms with van der Waals surface area (Å²) < 4.78 is 38.9. The van der Waals surface area contributed by atoms with E-state index >= 15 is 0 Å². The van der Waals surface area contributed by atoms with Crippen molar-refractivity contribution < 1.29 is 22.8 Å². The molecule has 0 aliphatic carbocycles. The van der Waals surface area contributed by atoms with Crippen LogP contribution in [0.4, 0.5) is 30.5 Å². The van der Waals surface area contributed by atoms with E-state index in [4.69, 9.17) is 11.6 Å². The second-order valence-electron chi connectivity index (χ2n) is 7.59. The van der Waals surface area contributed by atoms with E-state index in [1.54, 1.807) is 12.1 Å². The molecule has 11 heteroatoms. The van der Waals surface area contributed by atoms with Crippen molar-refractivity contribution in [1.82, 2.24) is 9.97 Å². The first-order chi connectivity index (χ1) is 16.2. The quantitative estimate of drug-likeness (QED) is 0.511. The van der Waals surface area contributed by atoms with Gasteiger partial charge in [-0.05, 0) is 43.2 Å². The number of rotatable bonds is 5. The lowest BCUT2D eigenvalue weighted by molar-refractivity contribution is -0.137. The summed E-state index contributed by atoms with van der Waals surface area (Å²) in [4.78, 5) is 36.2. The second-order valence-corrected chi connectivity index (χ2v) is 8.00. The number of hydrogen-bond donors (Lipinski definition) is 2. The Morgan fingerprint density at radius 1 is 0.971 bits per heavy atom. The SMILES string of the molecule is O=C(Nc1cccc(C(F)(F)F)c1)c1ccccc1NC(=O)c1nc(N2CCCC2)ncc1Cl. The molecule has 1 aliphatic rings. The van der Waals surface area contributed by atoms with Crippen LogP contribution in [0, 0.1) is 0 Å². The molecule has 0 spiro atoms. The maximum absolute atomic E-state index is 13.0. The van der Waals surface area contributed by atoms with Gasteiger partial charge in [-0.15, -0.1) is 0 Å². The van der Waals surface area contributed by atoms with Crippen LogP contribution in [0.1, 0.15) is 39.3 Å². The lowest BCUT2D eigenvalue weighted by Gasteiger charge is -2.16. The van der Waals surface area contributed by atoms with Crippen LogP contribution in [-0.2, 0) is 6.18 Å². The van der Waals surface area contributed by atoms with Gasteiger partial charge in [-0.25, -0.2) is 9.97 Å². The Labute approximate surface area is 198 Å². The molecular formula is C23H19ClF3N5O2. The molecule has 2 aromatic carbocycles. The molecule has 176 valence electrons. The van der Waals surface area contributed by atoms with Crippen molar-refractivity contribution in [3.8, 4) is 0 Å². The molecule has 0 radical (unpaired) electrons. The number of aromatic nitrogens is 2. The first-order valence-corrected chi connectivity index (χ1v) is 10.8. The number of carbonyl (C=O) groups excluding carboxylic acids is 2. The molecular weight excluding hydrogens is 471 g/mol. The molecule has 1 fully saturated rings. The molecule has 2 amide bonds. The third kappa shape index (κ3) is 5.28. The Morgan fingerprint density at radius 3 is 2.44 bits per heavy atom. The number of nitrogens with zero attached hydrogens (tertiary/aromatic N) is 3. The summed E-state index contributed by atoms with van der Waals surface area (Å²) in [5.41, 5.74) is -0.770. The van der Waals surface area contributed by atoms with E-state index < -0.39 is 23.6 Å². The van der Waals surface area contributed by atoms with Gasteiger partial charge in [0, 0.05) is 18.8 Å². The van der Waals surface area contributed by atoms with Crippen LogP contribution in [0.5, 0.6) is 0 Å². The highest BCUT2D eigenvalue weighted by Crippen LogP contribution is 2.31. The Morgan fingerprint density at radius 2 is 1.71 bits per heavy atom. The van der Waals surface area contributed by atoms with Crippen LogP contribution in [0.15, 0.2) is 54.7 Å². The van der Waals surface area contributed by atoms with E-state index in [1.165, 1.54) is 30.5 Å². The van der Waals surface area contributed by atoms with Crippen molar-refractivity contribution in [1.29, 1.82) is 0 Å². The molecule has 0 atom stereocenters. The summed E-state index contributed by atoms with van der Waals surface area (Å²) in [6.07, 6.45) is -1.19. The van der Waals surface area contributed by atoms with Crippen LogP contribution in [0.25, 0.3) is 0 Å². The normalized spacial score (nSPS) is 13.6. The highest BCUT2D eigenvalue weighted by molar-refractivity contribution is 6.34. The van der Waals surface area contributed by atoms with Crippen molar-refractivity contribution in [2.45, 2.75) is 19.0 Å². The van der Waals surface area contributed by atoms with E-state index in [2.05, 4.69) is 20.6 Å². The van der Waals surface area contributed by atoms with Gasteiger partial charge >= 0.3 is 6.18 Å². The monoisotopic (exact) mass is 489 g/mol. The highest BCUT2D eigenvalue weighted by Gasteiger charge is 2.30. The first-order valence-electron chi connectivity index (χ1n) is 10.4. The maximum atomic E-state index is 13.0. The summed E-state index contributed by atoms with van der Waals surface area (Å²) in [5.74, 6) is -0.948. The molecule has 0 unspecified atom stereocenters. The second kappa shape index (κ2) is 9.68.